The molecule has 70 heavy (non-hydrogen) atoms. The van der Waals surface area contributed by atoms with E-state index in [9.17, 15) is 25.2 Å². The zero-order valence-electron chi connectivity index (χ0n) is 46.3. The first-order valence-electron chi connectivity index (χ1n) is 30.8. The standard InChI is InChI=1S/C61H118O9/c1-3-5-7-9-11-13-15-17-19-21-23-25-27-29-31-33-35-37-39-41-43-45-47-49-51-67-53-55(54-68-61-60(66)59(65)58(64)56(52-62)70-61)69-57(63)50-48-46-44-42-40-38-36-34-32-30-28-26-24-22-20-18-16-14-12-10-8-6-4-2/h21,23,55-56,58-62,64-66H,3-20,22,24-54H2,1-2H3/b23-21-. The Morgan fingerprint density at radius 3 is 1.16 bits per heavy atom. The van der Waals surface area contributed by atoms with Crippen LogP contribution in [0.2, 0.25) is 0 Å². The minimum Gasteiger partial charge on any atom is -0.457 e. The van der Waals surface area contributed by atoms with Crippen molar-refractivity contribution in [2.45, 2.75) is 346 Å². The molecule has 1 aliphatic heterocycles. The largest absolute Gasteiger partial charge is 0.457 e. The Kier molecular flexibility index (Phi) is 50.5. The number of allylic oxidation sites excluding steroid dienone is 2. The molecule has 4 N–H and O–H groups in total. The number of aliphatic hydroxyl groups excluding tert-OH is 4. The van der Waals surface area contributed by atoms with E-state index in [1.54, 1.807) is 0 Å². The maximum Gasteiger partial charge on any atom is 0.306 e. The van der Waals surface area contributed by atoms with E-state index in [-0.39, 0.29) is 19.2 Å². The summed E-state index contributed by atoms with van der Waals surface area (Å²) in [5.74, 6) is -0.304. The Bertz CT molecular complexity index is 1090. The molecule has 0 aromatic rings. The molecule has 0 spiro atoms. The van der Waals surface area contributed by atoms with Gasteiger partial charge in [0.1, 0.15) is 30.5 Å². The van der Waals surface area contributed by atoms with Crippen molar-refractivity contribution in [3.05, 3.63) is 12.2 Å². The number of hydrogen-bond acceptors (Lipinski definition) is 9. The summed E-state index contributed by atoms with van der Waals surface area (Å²) in [4.78, 5) is 12.9. The number of esters is 1. The fourth-order valence-corrected chi connectivity index (χ4v) is 9.90. The molecule has 1 rings (SSSR count). The molecule has 0 saturated carbocycles. The molecule has 1 heterocycles. The zero-order valence-corrected chi connectivity index (χ0v) is 46.3. The predicted molar refractivity (Wildman–Crippen MR) is 293 cm³/mol. The molecular formula is C61H118O9. The van der Waals surface area contributed by atoms with E-state index in [4.69, 9.17) is 18.9 Å². The van der Waals surface area contributed by atoms with Crippen LogP contribution in [0, 0.1) is 0 Å². The van der Waals surface area contributed by atoms with Gasteiger partial charge >= 0.3 is 5.97 Å². The lowest BCUT2D eigenvalue weighted by Crippen LogP contribution is -2.59. The highest BCUT2D eigenvalue weighted by Gasteiger charge is 2.44. The van der Waals surface area contributed by atoms with Gasteiger partial charge in [0.25, 0.3) is 0 Å². The van der Waals surface area contributed by atoms with E-state index in [0.29, 0.717) is 13.0 Å². The van der Waals surface area contributed by atoms with Gasteiger partial charge in [0.05, 0.1) is 19.8 Å². The van der Waals surface area contributed by atoms with Gasteiger partial charge in [-0.3, -0.25) is 4.79 Å². The number of rotatable bonds is 55. The number of unbranched alkanes of at least 4 members (excludes halogenated alkanes) is 42. The second-order valence-electron chi connectivity index (χ2n) is 21.5. The van der Waals surface area contributed by atoms with Crippen LogP contribution in [0.4, 0.5) is 0 Å². The van der Waals surface area contributed by atoms with Crippen molar-refractivity contribution < 1.29 is 44.2 Å². The van der Waals surface area contributed by atoms with Gasteiger partial charge < -0.3 is 39.4 Å². The van der Waals surface area contributed by atoms with Crippen LogP contribution in [-0.2, 0) is 23.7 Å². The number of carbonyl (C=O) groups is 1. The summed E-state index contributed by atoms with van der Waals surface area (Å²) < 4.78 is 23.0. The Morgan fingerprint density at radius 1 is 0.443 bits per heavy atom. The second-order valence-corrected chi connectivity index (χ2v) is 21.5. The molecular weight excluding hydrogens is 877 g/mol. The molecule has 0 aromatic carbocycles. The van der Waals surface area contributed by atoms with Crippen LogP contribution in [0.3, 0.4) is 0 Å². The lowest BCUT2D eigenvalue weighted by molar-refractivity contribution is -0.305. The third kappa shape index (κ3) is 42.3. The average Bonchev–Trinajstić information content (AvgIpc) is 3.36. The molecule has 6 unspecified atom stereocenters. The van der Waals surface area contributed by atoms with Gasteiger partial charge in [0.2, 0.25) is 0 Å². The molecule has 1 saturated heterocycles. The molecule has 0 aliphatic carbocycles. The van der Waals surface area contributed by atoms with E-state index in [2.05, 4.69) is 26.0 Å². The van der Waals surface area contributed by atoms with Crippen molar-refractivity contribution in [3.63, 3.8) is 0 Å². The summed E-state index contributed by atoms with van der Waals surface area (Å²) in [6, 6.07) is 0. The molecule has 1 fully saturated rings. The number of aliphatic hydroxyl groups is 4. The van der Waals surface area contributed by atoms with Crippen LogP contribution in [-0.4, -0.2) is 89.6 Å². The van der Waals surface area contributed by atoms with Gasteiger partial charge in [-0.2, -0.15) is 0 Å². The molecule has 0 aromatic heterocycles. The highest BCUT2D eigenvalue weighted by Crippen LogP contribution is 2.23. The zero-order chi connectivity index (χ0) is 50.6. The van der Waals surface area contributed by atoms with Crippen molar-refractivity contribution in [1.29, 1.82) is 0 Å². The first-order valence-corrected chi connectivity index (χ1v) is 30.8. The SMILES string of the molecule is CCCCCCCCCC/C=C\CCCCCCCCCCCCCCOCC(COC1OC(CO)C(O)C(O)C1O)OC(=O)CCCCCCCCCCCCCCCCCCCCCCCCC. The minimum absolute atomic E-state index is 0.107. The van der Waals surface area contributed by atoms with Crippen LogP contribution >= 0.6 is 0 Å². The summed E-state index contributed by atoms with van der Waals surface area (Å²) in [6.07, 6.45) is 57.0. The fraction of sp³-hybridized carbons (Fsp3) is 0.951. The normalized spacial score (nSPS) is 18.9. The monoisotopic (exact) mass is 995 g/mol. The van der Waals surface area contributed by atoms with Crippen molar-refractivity contribution in [2.75, 3.05) is 26.4 Å². The van der Waals surface area contributed by atoms with Crippen molar-refractivity contribution in [2.24, 2.45) is 0 Å². The Labute approximate surface area is 433 Å². The van der Waals surface area contributed by atoms with E-state index < -0.39 is 43.4 Å². The topological polar surface area (TPSA) is 135 Å². The van der Waals surface area contributed by atoms with Crippen LogP contribution in [0.1, 0.15) is 309 Å². The Balaban J connectivity index is 2.11. The fourth-order valence-electron chi connectivity index (χ4n) is 9.90. The maximum atomic E-state index is 12.9. The third-order valence-corrected chi connectivity index (χ3v) is 14.7. The van der Waals surface area contributed by atoms with Crippen LogP contribution < -0.4 is 0 Å². The van der Waals surface area contributed by atoms with Gasteiger partial charge in [-0.05, 0) is 38.5 Å². The van der Waals surface area contributed by atoms with Crippen LogP contribution in [0.5, 0.6) is 0 Å². The molecule has 9 nitrogen and oxygen atoms in total. The van der Waals surface area contributed by atoms with E-state index in [0.717, 1.165) is 32.1 Å². The average molecular weight is 996 g/mol. The van der Waals surface area contributed by atoms with Gasteiger partial charge in [-0.15, -0.1) is 0 Å². The number of hydrogen-bond donors (Lipinski definition) is 4. The van der Waals surface area contributed by atoms with Crippen LogP contribution in [0.15, 0.2) is 12.2 Å². The van der Waals surface area contributed by atoms with Gasteiger partial charge in [-0.1, -0.05) is 276 Å². The van der Waals surface area contributed by atoms with Gasteiger partial charge in [-0.25, -0.2) is 0 Å². The first-order chi connectivity index (χ1) is 34.4. The smallest absolute Gasteiger partial charge is 0.306 e. The maximum absolute atomic E-state index is 12.9. The molecule has 1 aliphatic rings. The first kappa shape index (κ1) is 66.9. The van der Waals surface area contributed by atoms with Gasteiger partial charge in [0, 0.05) is 13.0 Å². The predicted octanol–water partition coefficient (Wildman–Crippen LogP) is 16.3. The van der Waals surface area contributed by atoms with Crippen molar-refractivity contribution >= 4 is 5.97 Å². The third-order valence-electron chi connectivity index (χ3n) is 14.7. The quantitative estimate of drug-likeness (QED) is 0.0267. The summed E-state index contributed by atoms with van der Waals surface area (Å²) in [5, 5.41) is 40.4. The lowest BCUT2D eigenvalue weighted by atomic mass is 9.99. The Morgan fingerprint density at radius 2 is 0.786 bits per heavy atom. The number of carbonyl (C=O) groups excluding carboxylic acids is 1. The van der Waals surface area contributed by atoms with E-state index in [1.165, 1.54) is 257 Å². The highest BCUT2D eigenvalue weighted by atomic mass is 16.7. The van der Waals surface area contributed by atoms with Crippen molar-refractivity contribution in [3.8, 4) is 0 Å². The summed E-state index contributed by atoms with van der Waals surface area (Å²) >= 11 is 0. The van der Waals surface area contributed by atoms with Crippen molar-refractivity contribution in [1.82, 2.24) is 0 Å². The number of ether oxygens (including phenoxy) is 4. The second kappa shape index (κ2) is 52.8. The van der Waals surface area contributed by atoms with Crippen LogP contribution in [0.25, 0.3) is 0 Å². The summed E-state index contributed by atoms with van der Waals surface area (Å²) in [5.41, 5.74) is 0. The molecule has 0 amide bonds. The van der Waals surface area contributed by atoms with Gasteiger partial charge in [0.15, 0.2) is 6.29 Å². The summed E-state index contributed by atoms with van der Waals surface area (Å²) in [6.45, 7) is 4.64. The molecule has 0 radical (unpaired) electrons. The highest BCUT2D eigenvalue weighted by molar-refractivity contribution is 5.69. The molecule has 9 heteroatoms. The minimum atomic E-state index is -1.53. The lowest BCUT2D eigenvalue weighted by Gasteiger charge is -2.39. The van der Waals surface area contributed by atoms with E-state index >= 15 is 0 Å². The molecule has 6 atom stereocenters. The molecule has 0 bridgehead atoms. The van der Waals surface area contributed by atoms with E-state index in [1.807, 2.05) is 0 Å². The summed E-state index contributed by atoms with van der Waals surface area (Å²) in [7, 11) is 0. The molecule has 416 valence electrons. The Hall–Kier alpha value is -1.07.